The quantitative estimate of drug-likeness (QED) is 0.289. The molecule has 0 atom stereocenters. The van der Waals surface area contributed by atoms with Gasteiger partial charge in [0.15, 0.2) is 11.5 Å². The van der Waals surface area contributed by atoms with Crippen LogP contribution < -0.4 is 14.8 Å². The molecule has 35 heavy (non-hydrogen) atoms. The van der Waals surface area contributed by atoms with Crippen molar-refractivity contribution >= 4 is 28.8 Å². The molecule has 6 heteroatoms. The number of rotatable bonds is 7. The first-order valence-electron chi connectivity index (χ1n) is 11.3. The van der Waals surface area contributed by atoms with Gasteiger partial charge in [-0.25, -0.2) is 4.79 Å². The van der Waals surface area contributed by atoms with Crippen LogP contribution in [0.25, 0.3) is 16.8 Å². The molecule has 0 aliphatic carbocycles. The summed E-state index contributed by atoms with van der Waals surface area (Å²) in [5.74, 6) is 0.765. The molecule has 0 aromatic heterocycles. The SMILES string of the molecule is COc1cc(/C=C2/NC(=O)N(Cc3ccccc3)C2=O)ccc1OCc1cccc2ccccc12. The lowest BCUT2D eigenvalue weighted by Gasteiger charge is -2.13. The minimum atomic E-state index is -0.438. The van der Waals surface area contributed by atoms with E-state index in [4.69, 9.17) is 9.47 Å². The Bertz CT molecular complexity index is 1420. The lowest BCUT2D eigenvalue weighted by Crippen LogP contribution is -2.30. The zero-order valence-electron chi connectivity index (χ0n) is 19.2. The van der Waals surface area contributed by atoms with Crippen molar-refractivity contribution in [3.8, 4) is 11.5 Å². The molecule has 1 saturated heterocycles. The molecule has 0 saturated carbocycles. The summed E-state index contributed by atoms with van der Waals surface area (Å²) in [6.07, 6.45) is 1.64. The smallest absolute Gasteiger partial charge is 0.329 e. The third-order valence-corrected chi connectivity index (χ3v) is 5.91. The number of carbonyl (C=O) groups is 2. The first-order chi connectivity index (χ1) is 17.1. The van der Waals surface area contributed by atoms with Gasteiger partial charge in [-0.2, -0.15) is 0 Å². The molecule has 1 heterocycles. The molecule has 1 N–H and O–H groups in total. The van der Waals surface area contributed by atoms with E-state index in [2.05, 4.69) is 23.5 Å². The number of hydrogen-bond acceptors (Lipinski definition) is 4. The van der Waals surface area contributed by atoms with E-state index in [0.717, 1.165) is 21.9 Å². The molecule has 6 nitrogen and oxygen atoms in total. The molecule has 0 spiro atoms. The van der Waals surface area contributed by atoms with E-state index in [0.29, 0.717) is 23.7 Å². The highest BCUT2D eigenvalue weighted by atomic mass is 16.5. The molecule has 174 valence electrons. The van der Waals surface area contributed by atoms with Crippen LogP contribution in [0.5, 0.6) is 11.5 Å². The van der Waals surface area contributed by atoms with E-state index in [9.17, 15) is 9.59 Å². The maximum absolute atomic E-state index is 12.8. The highest BCUT2D eigenvalue weighted by Gasteiger charge is 2.33. The molecular formula is C29H24N2O4. The Labute approximate surface area is 203 Å². The minimum Gasteiger partial charge on any atom is -0.493 e. The van der Waals surface area contributed by atoms with Gasteiger partial charge in [-0.05, 0) is 45.7 Å². The fourth-order valence-corrected chi connectivity index (χ4v) is 4.11. The largest absolute Gasteiger partial charge is 0.493 e. The normalized spacial score (nSPS) is 14.4. The maximum atomic E-state index is 12.8. The molecule has 0 unspecified atom stereocenters. The van der Waals surface area contributed by atoms with Gasteiger partial charge in [0.05, 0.1) is 13.7 Å². The predicted octanol–water partition coefficient (Wildman–Crippen LogP) is 5.52. The van der Waals surface area contributed by atoms with Crippen molar-refractivity contribution in [3.05, 3.63) is 113 Å². The van der Waals surface area contributed by atoms with E-state index in [1.165, 1.54) is 4.90 Å². The van der Waals surface area contributed by atoms with Crippen molar-refractivity contribution < 1.29 is 19.1 Å². The number of amides is 3. The van der Waals surface area contributed by atoms with E-state index in [1.54, 1.807) is 25.3 Å². The van der Waals surface area contributed by atoms with E-state index in [-0.39, 0.29) is 18.1 Å². The molecule has 1 fully saturated rings. The fourth-order valence-electron chi connectivity index (χ4n) is 4.11. The standard InChI is InChI=1S/C29H24N2O4/c1-34-27-17-21(16-25-28(32)31(29(33)30-25)18-20-8-3-2-4-9-20)14-15-26(27)35-19-23-12-7-11-22-10-5-6-13-24(22)23/h2-17H,18-19H2,1H3,(H,30,33)/b25-16+. The lowest BCUT2D eigenvalue weighted by atomic mass is 10.1. The van der Waals surface area contributed by atoms with Crippen molar-refractivity contribution in [2.45, 2.75) is 13.2 Å². The van der Waals surface area contributed by atoms with Crippen LogP contribution in [0.15, 0.2) is 96.7 Å². The van der Waals surface area contributed by atoms with Gasteiger partial charge in [0.25, 0.3) is 5.91 Å². The van der Waals surface area contributed by atoms with Crippen LogP contribution in [0.4, 0.5) is 4.79 Å². The van der Waals surface area contributed by atoms with Crippen LogP contribution in [0, 0.1) is 0 Å². The van der Waals surface area contributed by atoms with Crippen LogP contribution >= 0.6 is 0 Å². The molecule has 1 aliphatic heterocycles. The molecule has 4 aromatic carbocycles. The molecular weight excluding hydrogens is 440 g/mol. The summed E-state index contributed by atoms with van der Waals surface area (Å²) in [5, 5.41) is 4.97. The number of nitrogens with zero attached hydrogens (tertiary/aromatic N) is 1. The number of urea groups is 1. The number of hydrogen-bond donors (Lipinski definition) is 1. The summed E-state index contributed by atoms with van der Waals surface area (Å²) < 4.78 is 11.6. The number of methoxy groups -OCH3 is 1. The van der Waals surface area contributed by atoms with Gasteiger partial charge < -0.3 is 14.8 Å². The van der Waals surface area contributed by atoms with Crippen LogP contribution in [0.3, 0.4) is 0 Å². The van der Waals surface area contributed by atoms with E-state index >= 15 is 0 Å². The monoisotopic (exact) mass is 464 g/mol. The summed E-state index contributed by atoms with van der Waals surface area (Å²) in [6.45, 7) is 0.605. The number of carbonyl (C=O) groups excluding carboxylic acids is 2. The third-order valence-electron chi connectivity index (χ3n) is 5.91. The minimum absolute atomic E-state index is 0.215. The third kappa shape index (κ3) is 4.73. The first kappa shape index (κ1) is 22.2. The summed E-state index contributed by atoms with van der Waals surface area (Å²) in [4.78, 5) is 26.4. The van der Waals surface area contributed by atoms with Crippen molar-refractivity contribution in [2.75, 3.05) is 7.11 Å². The Morgan fingerprint density at radius 2 is 1.63 bits per heavy atom. The van der Waals surface area contributed by atoms with Crippen LogP contribution in [-0.4, -0.2) is 23.9 Å². The van der Waals surface area contributed by atoms with Crippen molar-refractivity contribution in [1.82, 2.24) is 10.2 Å². The molecule has 0 bridgehead atoms. The highest BCUT2D eigenvalue weighted by molar-refractivity contribution is 6.13. The maximum Gasteiger partial charge on any atom is 0.329 e. The second-order valence-corrected chi connectivity index (χ2v) is 8.20. The predicted molar refractivity (Wildman–Crippen MR) is 135 cm³/mol. The molecule has 1 aliphatic rings. The van der Waals surface area contributed by atoms with Crippen molar-refractivity contribution in [1.29, 1.82) is 0 Å². The van der Waals surface area contributed by atoms with Crippen molar-refractivity contribution in [3.63, 3.8) is 0 Å². The number of benzene rings is 4. The summed E-state index contributed by atoms with van der Waals surface area (Å²) in [7, 11) is 1.57. The molecule has 4 aromatic rings. The Kier molecular flexibility index (Phi) is 6.18. The van der Waals surface area contributed by atoms with Gasteiger partial charge in [-0.3, -0.25) is 9.69 Å². The second-order valence-electron chi connectivity index (χ2n) is 8.20. The van der Waals surface area contributed by atoms with Crippen molar-refractivity contribution in [2.24, 2.45) is 0 Å². The summed E-state index contributed by atoms with van der Waals surface area (Å²) in [6, 6.07) is 28.7. The zero-order chi connectivity index (χ0) is 24.2. The molecule has 0 radical (unpaired) electrons. The lowest BCUT2D eigenvalue weighted by molar-refractivity contribution is -0.123. The number of ether oxygens (including phenoxy) is 2. The van der Waals surface area contributed by atoms with Crippen LogP contribution in [-0.2, 0) is 17.9 Å². The summed E-state index contributed by atoms with van der Waals surface area (Å²) >= 11 is 0. The Morgan fingerprint density at radius 1 is 0.857 bits per heavy atom. The average molecular weight is 465 g/mol. The molecule has 3 amide bonds. The zero-order valence-corrected chi connectivity index (χ0v) is 19.2. The second kappa shape index (κ2) is 9.73. The number of nitrogens with one attached hydrogen (secondary N) is 1. The van der Waals surface area contributed by atoms with Gasteiger partial charge >= 0.3 is 6.03 Å². The van der Waals surface area contributed by atoms with E-state index < -0.39 is 6.03 Å². The Balaban J connectivity index is 1.32. The Hall–Kier alpha value is -4.58. The van der Waals surface area contributed by atoms with Gasteiger partial charge in [0, 0.05) is 0 Å². The average Bonchev–Trinajstić information content (AvgIpc) is 3.15. The van der Waals surface area contributed by atoms with Gasteiger partial charge in [0.2, 0.25) is 0 Å². The first-order valence-corrected chi connectivity index (χ1v) is 11.3. The van der Waals surface area contributed by atoms with E-state index in [1.807, 2.05) is 60.7 Å². The van der Waals surface area contributed by atoms with Crippen LogP contribution in [0.2, 0.25) is 0 Å². The fraction of sp³-hybridized carbons (Fsp3) is 0.103. The van der Waals surface area contributed by atoms with Gasteiger partial charge in [-0.1, -0.05) is 78.9 Å². The van der Waals surface area contributed by atoms with Crippen LogP contribution in [0.1, 0.15) is 16.7 Å². The highest BCUT2D eigenvalue weighted by Crippen LogP contribution is 2.31. The number of imide groups is 1. The molecule has 5 rings (SSSR count). The summed E-state index contributed by atoms with van der Waals surface area (Å²) in [5.41, 5.74) is 2.89. The number of fused-ring (bicyclic) bond motifs is 1. The van der Waals surface area contributed by atoms with Gasteiger partial charge in [-0.15, -0.1) is 0 Å². The topological polar surface area (TPSA) is 67.9 Å². The Morgan fingerprint density at radius 3 is 2.46 bits per heavy atom. The van der Waals surface area contributed by atoms with Gasteiger partial charge in [0.1, 0.15) is 12.3 Å².